The van der Waals surface area contributed by atoms with Gasteiger partial charge in [0.25, 0.3) is 0 Å². The van der Waals surface area contributed by atoms with E-state index in [4.69, 9.17) is 4.74 Å². The van der Waals surface area contributed by atoms with Gasteiger partial charge >= 0.3 is 0 Å². The fourth-order valence-electron chi connectivity index (χ4n) is 1.12. The molecule has 1 nitrogen and oxygen atoms in total. The molecule has 1 aliphatic heterocycles. The van der Waals surface area contributed by atoms with E-state index in [1.165, 1.54) is 12.1 Å². The molecular weight excluding hydrogens is 143 g/mol. The Morgan fingerprint density at radius 1 is 1.36 bits per heavy atom. The highest BCUT2D eigenvalue weighted by molar-refractivity contribution is 5.37. The molecule has 0 unspecified atom stereocenters. The van der Waals surface area contributed by atoms with E-state index < -0.39 is 0 Å². The Labute approximate surface area is 64.1 Å². The highest BCUT2D eigenvalue weighted by Gasteiger charge is 2.05. The molecule has 1 aromatic carbocycles. The van der Waals surface area contributed by atoms with Crippen molar-refractivity contribution < 1.29 is 9.13 Å². The summed E-state index contributed by atoms with van der Waals surface area (Å²) in [5, 5.41) is 0. The van der Waals surface area contributed by atoms with Gasteiger partial charge in [0.05, 0.1) is 6.26 Å². The molecule has 1 aromatic rings. The molecule has 0 bridgehead atoms. The molecule has 2 rings (SSSR count). The fraction of sp³-hybridized carbons (Fsp3) is 0.111. The van der Waals surface area contributed by atoms with Crippen LogP contribution in [0.1, 0.15) is 5.56 Å². The maximum Gasteiger partial charge on any atom is 0.130 e. The van der Waals surface area contributed by atoms with Crippen LogP contribution in [-0.4, -0.2) is 0 Å². The summed E-state index contributed by atoms with van der Waals surface area (Å²) in [5.41, 5.74) is 0.910. The zero-order valence-corrected chi connectivity index (χ0v) is 5.88. The Bertz CT molecular complexity index is 304. The van der Waals surface area contributed by atoms with Crippen LogP contribution in [0, 0.1) is 5.82 Å². The van der Waals surface area contributed by atoms with Crippen molar-refractivity contribution in [2.24, 2.45) is 0 Å². The Kier molecular flexibility index (Phi) is 1.39. The van der Waals surface area contributed by atoms with Gasteiger partial charge in [0.1, 0.15) is 11.6 Å². The first-order chi connectivity index (χ1) is 5.36. The lowest BCUT2D eigenvalue weighted by Gasteiger charge is -2.10. The maximum atomic E-state index is 12.6. The number of hydrogen-bond acceptors (Lipinski definition) is 1. The van der Waals surface area contributed by atoms with Gasteiger partial charge < -0.3 is 4.74 Å². The molecule has 0 spiro atoms. The third-order valence-corrected chi connectivity index (χ3v) is 1.65. The number of allylic oxidation sites excluding steroid dienone is 1. The summed E-state index contributed by atoms with van der Waals surface area (Å²) in [5.74, 6) is 0.552. The van der Waals surface area contributed by atoms with Gasteiger partial charge in [-0.2, -0.15) is 0 Å². The summed E-state index contributed by atoms with van der Waals surface area (Å²) in [6.45, 7) is 0. The standard InChI is InChI=1S/C9H7FO/c10-8-3-4-9-7(6-8)2-1-5-11-9/h1,3-6H,2H2. The molecule has 1 heterocycles. The Morgan fingerprint density at radius 3 is 3.18 bits per heavy atom. The quantitative estimate of drug-likeness (QED) is 0.551. The van der Waals surface area contributed by atoms with Crippen LogP contribution in [0.3, 0.4) is 0 Å². The topological polar surface area (TPSA) is 9.23 Å². The Balaban J connectivity index is 2.48. The summed E-state index contributed by atoms with van der Waals surface area (Å²) >= 11 is 0. The summed E-state index contributed by atoms with van der Waals surface area (Å²) in [6.07, 6.45) is 4.25. The molecule has 11 heavy (non-hydrogen) atoms. The van der Waals surface area contributed by atoms with Crippen molar-refractivity contribution in [2.45, 2.75) is 6.42 Å². The van der Waals surface area contributed by atoms with Crippen LogP contribution in [-0.2, 0) is 6.42 Å². The number of halogens is 1. The van der Waals surface area contributed by atoms with E-state index in [9.17, 15) is 4.39 Å². The molecule has 0 aromatic heterocycles. The lowest BCUT2D eigenvalue weighted by Crippen LogP contribution is -1.96. The first kappa shape index (κ1) is 6.40. The van der Waals surface area contributed by atoms with Crippen LogP contribution in [0.4, 0.5) is 4.39 Å². The van der Waals surface area contributed by atoms with Gasteiger partial charge in [-0.15, -0.1) is 0 Å². The van der Waals surface area contributed by atoms with Crippen molar-refractivity contribution in [2.75, 3.05) is 0 Å². The molecule has 0 aliphatic carbocycles. The number of rotatable bonds is 0. The zero-order valence-electron chi connectivity index (χ0n) is 5.88. The SMILES string of the molecule is Fc1ccc2c(c1)CC=CO2. The molecule has 0 atom stereocenters. The first-order valence-corrected chi connectivity index (χ1v) is 3.46. The van der Waals surface area contributed by atoms with E-state index in [2.05, 4.69) is 0 Å². The number of benzene rings is 1. The van der Waals surface area contributed by atoms with Gasteiger partial charge in [-0.05, 0) is 30.7 Å². The summed E-state index contributed by atoms with van der Waals surface area (Å²) < 4.78 is 17.7. The molecule has 2 heteroatoms. The largest absolute Gasteiger partial charge is 0.465 e. The van der Waals surface area contributed by atoms with Crippen molar-refractivity contribution in [3.05, 3.63) is 41.9 Å². The third-order valence-electron chi connectivity index (χ3n) is 1.65. The maximum absolute atomic E-state index is 12.6. The minimum atomic E-state index is -0.206. The molecule has 56 valence electrons. The highest BCUT2D eigenvalue weighted by Crippen LogP contribution is 2.23. The van der Waals surface area contributed by atoms with E-state index in [1.54, 1.807) is 12.3 Å². The molecule has 0 amide bonds. The smallest absolute Gasteiger partial charge is 0.130 e. The predicted molar refractivity (Wildman–Crippen MR) is 39.9 cm³/mol. The van der Waals surface area contributed by atoms with Gasteiger partial charge in [-0.1, -0.05) is 0 Å². The van der Waals surface area contributed by atoms with Crippen molar-refractivity contribution in [1.82, 2.24) is 0 Å². The van der Waals surface area contributed by atoms with Crippen molar-refractivity contribution in [1.29, 1.82) is 0 Å². The van der Waals surface area contributed by atoms with E-state index in [1.807, 2.05) is 6.08 Å². The minimum Gasteiger partial charge on any atom is -0.465 e. The van der Waals surface area contributed by atoms with Crippen LogP contribution >= 0.6 is 0 Å². The lowest BCUT2D eigenvalue weighted by atomic mass is 10.1. The normalized spacial score (nSPS) is 13.9. The van der Waals surface area contributed by atoms with E-state index in [-0.39, 0.29) is 5.82 Å². The second kappa shape index (κ2) is 2.38. The van der Waals surface area contributed by atoms with Crippen molar-refractivity contribution in [3.8, 4) is 5.75 Å². The van der Waals surface area contributed by atoms with Crippen LogP contribution in [0.5, 0.6) is 5.75 Å². The fourth-order valence-corrected chi connectivity index (χ4v) is 1.12. The highest BCUT2D eigenvalue weighted by atomic mass is 19.1. The van der Waals surface area contributed by atoms with Crippen molar-refractivity contribution >= 4 is 0 Å². The Morgan fingerprint density at radius 2 is 2.27 bits per heavy atom. The average Bonchev–Trinajstić information content (AvgIpc) is 2.04. The van der Waals surface area contributed by atoms with Gasteiger partial charge in [0, 0.05) is 5.56 Å². The summed E-state index contributed by atoms with van der Waals surface area (Å²) in [7, 11) is 0. The second-order valence-corrected chi connectivity index (χ2v) is 2.45. The Hall–Kier alpha value is -1.31. The molecule has 0 N–H and O–H groups in total. The minimum absolute atomic E-state index is 0.206. The summed E-state index contributed by atoms with van der Waals surface area (Å²) in [4.78, 5) is 0. The lowest BCUT2D eigenvalue weighted by molar-refractivity contribution is 0.462. The molecule has 0 saturated heterocycles. The predicted octanol–water partition coefficient (Wildman–Crippen LogP) is 2.27. The van der Waals surface area contributed by atoms with Crippen LogP contribution in [0.15, 0.2) is 30.5 Å². The number of ether oxygens (including phenoxy) is 1. The summed E-state index contributed by atoms with van der Waals surface area (Å²) in [6, 6.07) is 4.55. The average molecular weight is 150 g/mol. The van der Waals surface area contributed by atoms with Crippen LogP contribution in [0.25, 0.3) is 0 Å². The molecule has 0 fully saturated rings. The molecule has 1 aliphatic rings. The van der Waals surface area contributed by atoms with Gasteiger partial charge in [-0.3, -0.25) is 0 Å². The number of fused-ring (bicyclic) bond motifs is 1. The van der Waals surface area contributed by atoms with E-state index in [0.29, 0.717) is 0 Å². The van der Waals surface area contributed by atoms with E-state index >= 15 is 0 Å². The third kappa shape index (κ3) is 1.11. The molecule has 0 radical (unpaired) electrons. The van der Waals surface area contributed by atoms with Crippen LogP contribution in [0.2, 0.25) is 0 Å². The zero-order chi connectivity index (χ0) is 7.68. The van der Waals surface area contributed by atoms with Gasteiger partial charge in [0.15, 0.2) is 0 Å². The van der Waals surface area contributed by atoms with E-state index in [0.717, 1.165) is 17.7 Å². The monoisotopic (exact) mass is 150 g/mol. The van der Waals surface area contributed by atoms with Crippen LogP contribution < -0.4 is 4.74 Å². The number of hydrogen-bond donors (Lipinski definition) is 0. The van der Waals surface area contributed by atoms with Crippen molar-refractivity contribution in [3.63, 3.8) is 0 Å². The van der Waals surface area contributed by atoms with Gasteiger partial charge in [0.2, 0.25) is 0 Å². The van der Waals surface area contributed by atoms with Gasteiger partial charge in [-0.25, -0.2) is 4.39 Å². The first-order valence-electron chi connectivity index (χ1n) is 3.46. The molecule has 0 saturated carbocycles. The molecular formula is C9H7FO. The second-order valence-electron chi connectivity index (χ2n) is 2.45.